The smallest absolute Gasteiger partial charge is 0.288 e. The molecule has 0 radical (unpaired) electrons. The van der Waals surface area contributed by atoms with E-state index in [2.05, 4.69) is 0 Å². The zero-order valence-electron chi connectivity index (χ0n) is 13.5. The van der Waals surface area contributed by atoms with Gasteiger partial charge in [-0.3, -0.25) is 4.79 Å². The van der Waals surface area contributed by atoms with Gasteiger partial charge in [-0.25, -0.2) is 8.78 Å². The zero-order valence-corrected chi connectivity index (χ0v) is 13.5. The molecule has 0 unspecified atom stereocenters. The quantitative estimate of drug-likeness (QED) is 0.855. The summed E-state index contributed by atoms with van der Waals surface area (Å²) in [4.78, 5) is 16.1. The highest BCUT2D eigenvalue weighted by Crippen LogP contribution is 2.50. The first kappa shape index (κ1) is 16.2. The highest BCUT2D eigenvalue weighted by Gasteiger charge is 2.54. The van der Waals surface area contributed by atoms with E-state index in [4.69, 9.17) is 4.74 Å². The molecule has 2 aliphatic rings. The minimum absolute atomic E-state index is 0.164. The van der Waals surface area contributed by atoms with Crippen LogP contribution < -0.4 is 4.90 Å². The Hall–Kier alpha value is -1.69. The second-order valence-corrected chi connectivity index (χ2v) is 6.66. The monoisotopic (exact) mass is 324 g/mol. The van der Waals surface area contributed by atoms with E-state index >= 15 is 0 Å². The van der Waals surface area contributed by atoms with Crippen LogP contribution in [0, 0.1) is 0 Å². The maximum absolute atomic E-state index is 13.7. The van der Waals surface area contributed by atoms with Crippen LogP contribution in [-0.2, 0) is 14.9 Å². The maximum atomic E-state index is 13.7. The molecule has 0 spiro atoms. The number of anilines is 1. The first-order chi connectivity index (χ1) is 10.8. The van der Waals surface area contributed by atoms with Crippen LogP contribution in [-0.4, -0.2) is 57.1 Å². The lowest BCUT2D eigenvalue weighted by Gasteiger charge is -2.28. The largest absolute Gasteiger partial charge is 0.378 e. The van der Waals surface area contributed by atoms with Gasteiger partial charge in [-0.1, -0.05) is 12.1 Å². The summed E-state index contributed by atoms with van der Waals surface area (Å²) in [7, 11) is 3.90. The van der Waals surface area contributed by atoms with E-state index in [1.54, 1.807) is 0 Å². The van der Waals surface area contributed by atoms with E-state index < -0.39 is 24.5 Å². The van der Waals surface area contributed by atoms with Crippen molar-refractivity contribution in [2.45, 2.75) is 24.2 Å². The van der Waals surface area contributed by atoms with Crippen molar-refractivity contribution >= 4 is 11.6 Å². The molecule has 1 heterocycles. The Morgan fingerprint density at radius 3 is 2.43 bits per heavy atom. The van der Waals surface area contributed by atoms with Gasteiger partial charge in [0.05, 0.1) is 18.6 Å². The summed E-state index contributed by atoms with van der Waals surface area (Å²) in [5.41, 5.74) is 1.35. The van der Waals surface area contributed by atoms with Gasteiger partial charge in [0.15, 0.2) is 0 Å². The predicted octanol–water partition coefficient (Wildman–Crippen LogP) is 2.28. The van der Waals surface area contributed by atoms with E-state index in [1.807, 2.05) is 43.3 Å². The van der Waals surface area contributed by atoms with Crippen molar-refractivity contribution in [1.29, 1.82) is 0 Å². The van der Waals surface area contributed by atoms with Crippen LogP contribution in [0.25, 0.3) is 0 Å². The van der Waals surface area contributed by atoms with Crippen LogP contribution in [0.15, 0.2) is 24.3 Å². The van der Waals surface area contributed by atoms with Crippen molar-refractivity contribution in [3.8, 4) is 0 Å². The van der Waals surface area contributed by atoms with E-state index in [0.717, 1.165) is 24.1 Å². The van der Waals surface area contributed by atoms with Crippen LogP contribution in [0.1, 0.15) is 18.4 Å². The molecule has 1 aromatic carbocycles. The molecule has 1 amide bonds. The molecule has 6 heteroatoms. The molecule has 1 aliphatic carbocycles. The molecule has 0 aromatic heterocycles. The van der Waals surface area contributed by atoms with Crippen LogP contribution >= 0.6 is 0 Å². The Morgan fingerprint density at radius 1 is 1.22 bits per heavy atom. The Balaban J connectivity index is 1.80. The van der Waals surface area contributed by atoms with Gasteiger partial charge in [0.2, 0.25) is 5.91 Å². The van der Waals surface area contributed by atoms with E-state index in [9.17, 15) is 13.6 Å². The SMILES string of the molecule is CN(C)c1ccc(C2(C(=O)N3CCOCC(F)(F)C3)CC2)cc1. The lowest BCUT2D eigenvalue weighted by molar-refractivity contribution is -0.138. The molecule has 2 fully saturated rings. The number of alkyl halides is 2. The van der Waals surface area contributed by atoms with Gasteiger partial charge in [0.25, 0.3) is 5.92 Å². The van der Waals surface area contributed by atoms with Crippen molar-refractivity contribution < 1.29 is 18.3 Å². The Kier molecular flexibility index (Phi) is 4.04. The fourth-order valence-corrected chi connectivity index (χ4v) is 3.11. The second kappa shape index (κ2) is 5.74. The zero-order chi connectivity index (χ0) is 16.7. The number of rotatable bonds is 3. The fraction of sp³-hybridized carbons (Fsp3) is 0.588. The number of halogens is 2. The normalized spacial score (nSPS) is 22.3. The Bertz CT molecular complexity index is 583. The van der Waals surface area contributed by atoms with Crippen molar-refractivity contribution in [1.82, 2.24) is 4.90 Å². The third kappa shape index (κ3) is 3.17. The van der Waals surface area contributed by atoms with Crippen molar-refractivity contribution in [3.63, 3.8) is 0 Å². The molecule has 1 aromatic rings. The van der Waals surface area contributed by atoms with Gasteiger partial charge in [-0.15, -0.1) is 0 Å². The lowest BCUT2D eigenvalue weighted by Crippen LogP contribution is -2.45. The van der Waals surface area contributed by atoms with Crippen LogP contribution in [0.4, 0.5) is 14.5 Å². The molecular weight excluding hydrogens is 302 g/mol. The van der Waals surface area contributed by atoms with E-state index in [1.165, 1.54) is 4.90 Å². The molecule has 1 aliphatic heterocycles. The van der Waals surface area contributed by atoms with E-state index in [0.29, 0.717) is 0 Å². The summed E-state index contributed by atoms with van der Waals surface area (Å²) in [6, 6.07) is 7.80. The van der Waals surface area contributed by atoms with Gasteiger partial charge in [-0.2, -0.15) is 0 Å². The average molecular weight is 324 g/mol. The second-order valence-electron chi connectivity index (χ2n) is 6.66. The molecule has 0 bridgehead atoms. The van der Waals surface area contributed by atoms with Gasteiger partial charge < -0.3 is 14.5 Å². The molecule has 0 atom stereocenters. The van der Waals surface area contributed by atoms with Crippen LogP contribution in [0.3, 0.4) is 0 Å². The molecular formula is C17H22F2N2O2. The number of nitrogens with zero attached hydrogens (tertiary/aromatic N) is 2. The summed E-state index contributed by atoms with van der Waals surface area (Å²) >= 11 is 0. The minimum atomic E-state index is -2.98. The van der Waals surface area contributed by atoms with E-state index in [-0.39, 0.29) is 19.1 Å². The van der Waals surface area contributed by atoms with Crippen molar-refractivity contribution in [2.75, 3.05) is 45.3 Å². The molecule has 126 valence electrons. The third-order valence-corrected chi connectivity index (χ3v) is 4.62. The van der Waals surface area contributed by atoms with Gasteiger partial charge >= 0.3 is 0 Å². The summed E-state index contributed by atoms with van der Waals surface area (Å²) in [6.07, 6.45) is 1.44. The molecule has 1 saturated carbocycles. The van der Waals surface area contributed by atoms with Gasteiger partial charge in [0.1, 0.15) is 6.61 Å². The number of carbonyl (C=O) groups excluding carboxylic acids is 1. The first-order valence-corrected chi connectivity index (χ1v) is 7.87. The standard InChI is InChI=1S/C17H22F2N2O2/c1-20(2)14-5-3-13(4-6-14)16(7-8-16)15(22)21-9-10-23-12-17(18,19)11-21/h3-6H,7-12H2,1-2H3. The Labute approximate surface area is 135 Å². The topological polar surface area (TPSA) is 32.8 Å². The third-order valence-electron chi connectivity index (χ3n) is 4.62. The number of hydrogen-bond donors (Lipinski definition) is 0. The van der Waals surface area contributed by atoms with Crippen LogP contribution in [0.2, 0.25) is 0 Å². The lowest BCUT2D eigenvalue weighted by atomic mass is 9.93. The molecule has 1 saturated heterocycles. The molecule has 4 nitrogen and oxygen atoms in total. The Morgan fingerprint density at radius 2 is 1.87 bits per heavy atom. The number of benzene rings is 1. The minimum Gasteiger partial charge on any atom is -0.378 e. The van der Waals surface area contributed by atoms with Crippen molar-refractivity contribution in [2.24, 2.45) is 0 Å². The van der Waals surface area contributed by atoms with Gasteiger partial charge in [-0.05, 0) is 30.5 Å². The number of hydrogen-bond acceptors (Lipinski definition) is 3. The highest BCUT2D eigenvalue weighted by atomic mass is 19.3. The fourth-order valence-electron chi connectivity index (χ4n) is 3.11. The first-order valence-electron chi connectivity index (χ1n) is 7.87. The molecule has 3 rings (SSSR count). The number of amides is 1. The van der Waals surface area contributed by atoms with Gasteiger partial charge in [0, 0.05) is 26.3 Å². The maximum Gasteiger partial charge on any atom is 0.288 e. The van der Waals surface area contributed by atoms with Crippen molar-refractivity contribution in [3.05, 3.63) is 29.8 Å². The highest BCUT2D eigenvalue weighted by molar-refractivity contribution is 5.91. The summed E-state index contributed by atoms with van der Waals surface area (Å²) in [5, 5.41) is 0. The number of carbonyl (C=O) groups is 1. The summed E-state index contributed by atoms with van der Waals surface area (Å²) in [6.45, 7) is -0.770. The summed E-state index contributed by atoms with van der Waals surface area (Å²) in [5.74, 6) is -3.17. The summed E-state index contributed by atoms with van der Waals surface area (Å²) < 4.78 is 32.3. The molecule has 23 heavy (non-hydrogen) atoms. The molecule has 0 N–H and O–H groups in total. The average Bonchev–Trinajstić information content (AvgIpc) is 3.32. The number of ether oxygens (including phenoxy) is 1. The van der Waals surface area contributed by atoms with Crippen LogP contribution in [0.5, 0.6) is 0 Å². The predicted molar refractivity (Wildman–Crippen MR) is 84.0 cm³/mol.